The van der Waals surface area contributed by atoms with Crippen molar-refractivity contribution in [2.24, 2.45) is 5.73 Å². The molecule has 0 saturated carbocycles. The van der Waals surface area contributed by atoms with Crippen molar-refractivity contribution >= 4 is 15.8 Å². The summed E-state index contributed by atoms with van der Waals surface area (Å²) in [5, 5.41) is 8.56. The number of carbonyl (C=O) groups is 1. The first kappa shape index (κ1) is 12.7. The van der Waals surface area contributed by atoms with Gasteiger partial charge in [-0.1, -0.05) is 12.1 Å². The zero-order valence-electron chi connectivity index (χ0n) is 8.75. The molecule has 0 fully saturated rings. The Labute approximate surface area is 93.8 Å². The molecule has 1 atom stereocenters. The lowest BCUT2D eigenvalue weighted by Crippen LogP contribution is -2.37. The van der Waals surface area contributed by atoms with Gasteiger partial charge in [-0.2, -0.15) is 0 Å². The fourth-order valence-corrected chi connectivity index (χ4v) is 2.67. The first-order valence-electron chi connectivity index (χ1n) is 4.61. The van der Waals surface area contributed by atoms with E-state index >= 15 is 0 Å². The molecule has 1 aromatic rings. The Hall–Kier alpha value is -1.40. The van der Waals surface area contributed by atoms with Crippen LogP contribution in [0.4, 0.5) is 0 Å². The Kier molecular flexibility index (Phi) is 3.66. The van der Waals surface area contributed by atoms with Gasteiger partial charge in [0.2, 0.25) is 0 Å². The second-order valence-electron chi connectivity index (χ2n) is 3.54. The van der Waals surface area contributed by atoms with Crippen molar-refractivity contribution in [3.05, 3.63) is 29.8 Å². The first-order chi connectivity index (χ1) is 7.33. The largest absolute Gasteiger partial charge is 0.480 e. The molecular weight excluding hydrogens is 230 g/mol. The highest BCUT2D eigenvalue weighted by atomic mass is 32.2. The molecule has 0 amide bonds. The number of sulfone groups is 1. The van der Waals surface area contributed by atoms with Crippen molar-refractivity contribution in [2.75, 3.05) is 5.75 Å². The van der Waals surface area contributed by atoms with E-state index < -0.39 is 27.6 Å². The molecule has 5 nitrogen and oxygen atoms in total. The molecule has 0 aliphatic rings. The summed E-state index contributed by atoms with van der Waals surface area (Å²) in [7, 11) is -3.63. The van der Waals surface area contributed by atoms with Gasteiger partial charge in [-0.3, -0.25) is 4.79 Å². The van der Waals surface area contributed by atoms with E-state index in [1.807, 2.05) is 0 Å². The first-order valence-corrected chi connectivity index (χ1v) is 6.26. The molecule has 0 bridgehead atoms. The van der Waals surface area contributed by atoms with Gasteiger partial charge in [0.15, 0.2) is 9.84 Å². The molecule has 1 unspecified atom stereocenters. The minimum atomic E-state index is -3.63. The van der Waals surface area contributed by atoms with Crippen molar-refractivity contribution in [1.82, 2.24) is 0 Å². The van der Waals surface area contributed by atoms with Gasteiger partial charge < -0.3 is 10.8 Å². The summed E-state index contributed by atoms with van der Waals surface area (Å²) in [5.41, 5.74) is 6.00. The lowest BCUT2D eigenvalue weighted by Gasteiger charge is -2.08. The summed E-state index contributed by atoms with van der Waals surface area (Å²) in [4.78, 5) is 10.6. The lowest BCUT2D eigenvalue weighted by atomic mass is 10.2. The van der Waals surface area contributed by atoms with Gasteiger partial charge in [0.1, 0.15) is 6.04 Å². The second kappa shape index (κ2) is 4.63. The zero-order valence-corrected chi connectivity index (χ0v) is 9.57. The lowest BCUT2D eigenvalue weighted by molar-refractivity contribution is -0.137. The number of nitrogens with two attached hydrogens (primary N) is 1. The standard InChI is InChI=1S/C10H13NO4S/c1-7-3-2-4-8(5-7)16(14,15)6-9(11)10(12)13/h2-5,9H,6,11H2,1H3,(H,12,13). The number of rotatable bonds is 4. The van der Waals surface area contributed by atoms with Crippen LogP contribution in [-0.4, -0.2) is 31.3 Å². The molecule has 3 N–H and O–H groups in total. The van der Waals surface area contributed by atoms with Crippen LogP contribution in [0.25, 0.3) is 0 Å². The number of benzene rings is 1. The molecule has 6 heteroatoms. The quantitative estimate of drug-likeness (QED) is 0.786. The third-order valence-corrected chi connectivity index (χ3v) is 3.83. The number of hydrogen-bond acceptors (Lipinski definition) is 4. The summed E-state index contributed by atoms with van der Waals surface area (Å²) in [6.07, 6.45) is 0. The van der Waals surface area contributed by atoms with E-state index in [9.17, 15) is 13.2 Å². The maximum absolute atomic E-state index is 11.8. The molecule has 1 rings (SSSR count). The van der Waals surface area contributed by atoms with E-state index in [-0.39, 0.29) is 4.90 Å². The van der Waals surface area contributed by atoms with Crippen LogP contribution in [0.2, 0.25) is 0 Å². The maximum Gasteiger partial charge on any atom is 0.321 e. The van der Waals surface area contributed by atoms with Crippen molar-refractivity contribution in [3.63, 3.8) is 0 Å². The van der Waals surface area contributed by atoms with E-state index in [1.165, 1.54) is 12.1 Å². The second-order valence-corrected chi connectivity index (χ2v) is 5.58. The summed E-state index contributed by atoms with van der Waals surface area (Å²) >= 11 is 0. The molecule has 0 aromatic heterocycles. The van der Waals surface area contributed by atoms with Crippen LogP contribution in [0, 0.1) is 6.92 Å². The molecule has 0 aliphatic carbocycles. The van der Waals surface area contributed by atoms with E-state index in [0.29, 0.717) is 0 Å². The van der Waals surface area contributed by atoms with E-state index in [4.69, 9.17) is 10.8 Å². The molecular formula is C10H13NO4S. The highest BCUT2D eigenvalue weighted by molar-refractivity contribution is 7.91. The van der Waals surface area contributed by atoms with Crippen molar-refractivity contribution in [3.8, 4) is 0 Å². The van der Waals surface area contributed by atoms with Gasteiger partial charge >= 0.3 is 5.97 Å². The SMILES string of the molecule is Cc1cccc(S(=O)(=O)CC(N)C(=O)O)c1. The predicted octanol–water partition coefficient (Wildman–Crippen LogP) is 0.181. The fraction of sp³-hybridized carbons (Fsp3) is 0.300. The monoisotopic (exact) mass is 243 g/mol. The minimum absolute atomic E-state index is 0.101. The third kappa shape index (κ3) is 3.04. The fourth-order valence-electron chi connectivity index (χ4n) is 1.21. The number of carboxylic acid groups (broad SMARTS) is 1. The molecule has 88 valence electrons. The van der Waals surface area contributed by atoms with Crippen molar-refractivity contribution < 1.29 is 18.3 Å². The molecule has 16 heavy (non-hydrogen) atoms. The highest BCUT2D eigenvalue weighted by Gasteiger charge is 2.23. The Balaban J connectivity index is 2.99. The highest BCUT2D eigenvalue weighted by Crippen LogP contribution is 2.13. The Morgan fingerprint density at radius 3 is 2.62 bits per heavy atom. The summed E-state index contributed by atoms with van der Waals surface area (Å²) in [5.74, 6) is -1.91. The number of carboxylic acids is 1. The average molecular weight is 243 g/mol. The predicted molar refractivity (Wildman–Crippen MR) is 58.8 cm³/mol. The summed E-state index contributed by atoms with van der Waals surface area (Å²) < 4.78 is 23.5. The summed E-state index contributed by atoms with van der Waals surface area (Å²) in [6.45, 7) is 1.76. The molecule has 0 radical (unpaired) electrons. The van der Waals surface area contributed by atoms with Crippen LogP contribution < -0.4 is 5.73 Å². The average Bonchev–Trinajstić information content (AvgIpc) is 2.17. The van der Waals surface area contributed by atoms with Crippen LogP contribution in [0.15, 0.2) is 29.2 Å². The van der Waals surface area contributed by atoms with E-state index in [2.05, 4.69) is 0 Å². The van der Waals surface area contributed by atoms with Crippen LogP contribution >= 0.6 is 0 Å². The van der Waals surface area contributed by atoms with Gasteiger partial charge in [-0.25, -0.2) is 8.42 Å². The van der Waals surface area contributed by atoms with Crippen LogP contribution in [0.3, 0.4) is 0 Å². The topological polar surface area (TPSA) is 97.5 Å². The number of aliphatic carboxylic acids is 1. The minimum Gasteiger partial charge on any atom is -0.480 e. The van der Waals surface area contributed by atoms with Gasteiger partial charge in [-0.05, 0) is 24.6 Å². The zero-order chi connectivity index (χ0) is 12.3. The number of hydrogen-bond donors (Lipinski definition) is 2. The van der Waals surface area contributed by atoms with Crippen molar-refractivity contribution in [1.29, 1.82) is 0 Å². The van der Waals surface area contributed by atoms with Crippen LogP contribution in [0.1, 0.15) is 5.56 Å². The Bertz CT molecular complexity index is 495. The summed E-state index contributed by atoms with van der Waals surface area (Å²) in [6, 6.07) is 4.89. The Morgan fingerprint density at radius 1 is 1.50 bits per heavy atom. The smallest absolute Gasteiger partial charge is 0.321 e. The number of aryl methyl sites for hydroxylation is 1. The third-order valence-electron chi connectivity index (χ3n) is 2.06. The van der Waals surface area contributed by atoms with Crippen LogP contribution in [0.5, 0.6) is 0 Å². The normalized spacial score (nSPS) is 13.4. The van der Waals surface area contributed by atoms with Gasteiger partial charge in [0, 0.05) is 0 Å². The van der Waals surface area contributed by atoms with Crippen LogP contribution in [-0.2, 0) is 14.6 Å². The molecule has 0 heterocycles. The van der Waals surface area contributed by atoms with Gasteiger partial charge in [0.05, 0.1) is 10.6 Å². The van der Waals surface area contributed by atoms with E-state index in [0.717, 1.165) is 5.56 Å². The molecule has 0 spiro atoms. The molecule has 0 aliphatic heterocycles. The van der Waals surface area contributed by atoms with Gasteiger partial charge in [-0.15, -0.1) is 0 Å². The maximum atomic E-state index is 11.8. The molecule has 0 saturated heterocycles. The molecule has 1 aromatic carbocycles. The Morgan fingerprint density at radius 2 is 2.12 bits per heavy atom. The van der Waals surface area contributed by atoms with Gasteiger partial charge in [0.25, 0.3) is 0 Å². The van der Waals surface area contributed by atoms with E-state index in [1.54, 1.807) is 19.1 Å². The van der Waals surface area contributed by atoms with Crippen molar-refractivity contribution in [2.45, 2.75) is 17.9 Å².